The molecule has 3 heterocycles. The molecule has 0 spiro atoms. The fourth-order valence-electron chi connectivity index (χ4n) is 4.17. The monoisotopic (exact) mass is 614 g/mol. The summed E-state index contributed by atoms with van der Waals surface area (Å²) >= 11 is 0. The van der Waals surface area contributed by atoms with Crippen molar-refractivity contribution in [3.05, 3.63) is 0 Å². The zero-order chi connectivity index (χ0) is 27.9. The zero-order valence-electron chi connectivity index (χ0n) is 21.7. The molecule has 3 fully saturated rings. The number of hydrogen-bond acceptors (Lipinski definition) is 16. The first-order valence-corrected chi connectivity index (χ1v) is 13.5. The van der Waals surface area contributed by atoms with Crippen molar-refractivity contribution in [3.8, 4) is 0 Å². The summed E-state index contributed by atoms with van der Waals surface area (Å²) in [7, 11) is -4.69. The standard InChI is InChI=1S/C20H37N2O15P.K/c1-10(24)22-13-18(36-20-16(27)15(26)17-12(35-20)9-33-38(28,29)37-17)14(25)11(8-23)34-19(13)32-7-6-31-5-4-30-3-2-21;/h11-20,23,25-27H,2-9,21H2,1H3,(H,22,24)(H,28,29);/q;+1/p-1/t11-,12-,13-,14-,15-,16-,17+,18-,19-,20+;/m1./s1. The summed E-state index contributed by atoms with van der Waals surface area (Å²) in [6.45, 7) is 1.57. The quantitative estimate of drug-likeness (QED) is 0.0640. The molecule has 7 N–H and O–H groups in total. The number of nitrogens with one attached hydrogen (secondary N) is 1. The molecule has 3 aliphatic heterocycles. The minimum absolute atomic E-state index is 0. The van der Waals surface area contributed by atoms with Gasteiger partial charge < -0.3 is 73.8 Å². The van der Waals surface area contributed by atoms with Crippen LogP contribution in [0.4, 0.5) is 0 Å². The molecule has 0 aromatic carbocycles. The number of phosphoric ester groups is 1. The van der Waals surface area contributed by atoms with Crippen molar-refractivity contribution in [2.75, 3.05) is 52.8 Å². The van der Waals surface area contributed by atoms with Gasteiger partial charge in [0.15, 0.2) is 12.6 Å². The molecular weight excluding hydrogens is 578 g/mol. The summed E-state index contributed by atoms with van der Waals surface area (Å²) in [5, 5.41) is 44.2. The first-order valence-electron chi connectivity index (χ1n) is 12.1. The van der Waals surface area contributed by atoms with Gasteiger partial charge in [-0.05, 0) is 0 Å². The fourth-order valence-corrected chi connectivity index (χ4v) is 5.12. The van der Waals surface area contributed by atoms with Crippen molar-refractivity contribution in [2.24, 2.45) is 5.73 Å². The van der Waals surface area contributed by atoms with E-state index in [0.29, 0.717) is 19.8 Å². The smallest absolute Gasteiger partial charge is 0.756 e. The van der Waals surface area contributed by atoms with Crippen molar-refractivity contribution in [1.82, 2.24) is 5.32 Å². The number of phosphoric acid groups is 1. The Morgan fingerprint density at radius 2 is 1.72 bits per heavy atom. The molecule has 0 aliphatic carbocycles. The van der Waals surface area contributed by atoms with E-state index in [-0.39, 0.29) is 71.2 Å². The summed E-state index contributed by atoms with van der Waals surface area (Å²) in [6.07, 6.45) is -13.1. The van der Waals surface area contributed by atoms with Crippen molar-refractivity contribution in [3.63, 3.8) is 0 Å². The first kappa shape index (κ1) is 36.0. The van der Waals surface area contributed by atoms with Gasteiger partial charge in [0, 0.05) is 13.5 Å². The van der Waals surface area contributed by atoms with E-state index in [9.17, 15) is 34.7 Å². The Bertz CT molecular complexity index is 800. The van der Waals surface area contributed by atoms with Gasteiger partial charge in [-0.2, -0.15) is 0 Å². The Morgan fingerprint density at radius 3 is 2.36 bits per heavy atom. The van der Waals surface area contributed by atoms with Crippen LogP contribution < -0.4 is 67.3 Å². The van der Waals surface area contributed by atoms with Gasteiger partial charge in [-0.15, -0.1) is 0 Å². The SMILES string of the molecule is CC(=O)N[C@H]1[C@H](OCCOCCOCCN)O[C@H](CO)[C@@H](O)[C@@H]1O[C@@H]1O[C@@H]2COP(=O)([O-])O[C@@H]2[C@H](O)[C@H]1O.[K+]. The molecule has 0 saturated carbocycles. The Kier molecular flexibility index (Phi) is 15.8. The van der Waals surface area contributed by atoms with Gasteiger partial charge in [0.25, 0.3) is 7.82 Å². The molecule has 222 valence electrons. The summed E-state index contributed by atoms with van der Waals surface area (Å²) in [6, 6.07) is -1.16. The Balaban J connectivity index is 0.00000533. The summed E-state index contributed by atoms with van der Waals surface area (Å²) in [5.41, 5.74) is 5.33. The Labute approximate surface area is 267 Å². The molecule has 0 bridgehead atoms. The molecular formula is C20H36KN2O15P. The van der Waals surface area contributed by atoms with E-state index >= 15 is 0 Å². The second kappa shape index (κ2) is 17.2. The number of fused-ring (bicyclic) bond motifs is 1. The van der Waals surface area contributed by atoms with Gasteiger partial charge in [-0.25, -0.2) is 0 Å². The average Bonchev–Trinajstić information content (AvgIpc) is 2.87. The number of aliphatic hydroxyl groups is 4. The minimum atomic E-state index is -4.69. The number of aliphatic hydroxyl groups excluding tert-OH is 4. The molecule has 3 aliphatic rings. The number of nitrogens with two attached hydrogens (primary N) is 1. The number of amides is 1. The molecule has 3 rings (SSSR count). The Morgan fingerprint density at radius 1 is 1.05 bits per heavy atom. The fraction of sp³-hybridized carbons (Fsp3) is 0.950. The van der Waals surface area contributed by atoms with Crippen molar-refractivity contribution in [2.45, 2.75) is 68.3 Å². The van der Waals surface area contributed by atoms with Crippen molar-refractivity contribution in [1.29, 1.82) is 0 Å². The van der Waals surface area contributed by atoms with Gasteiger partial charge in [0.2, 0.25) is 5.91 Å². The van der Waals surface area contributed by atoms with Crippen LogP contribution in [0.5, 0.6) is 0 Å². The topological polar surface area (TPSA) is 250 Å². The van der Waals surface area contributed by atoms with Crippen molar-refractivity contribution < 1.29 is 124 Å². The third-order valence-electron chi connectivity index (χ3n) is 5.95. The van der Waals surface area contributed by atoms with E-state index in [0.717, 1.165) is 0 Å². The number of carbonyl (C=O) groups excluding carboxylic acids is 1. The predicted octanol–water partition coefficient (Wildman–Crippen LogP) is -7.70. The van der Waals surface area contributed by atoms with Gasteiger partial charge in [-0.3, -0.25) is 9.36 Å². The van der Waals surface area contributed by atoms with E-state index in [1.54, 1.807) is 0 Å². The normalized spacial score (nSPS) is 40.4. The molecule has 17 nitrogen and oxygen atoms in total. The third kappa shape index (κ3) is 10.2. The number of ether oxygens (including phenoxy) is 6. The molecule has 11 atom stereocenters. The van der Waals surface area contributed by atoms with E-state index in [1.165, 1.54) is 6.92 Å². The van der Waals surface area contributed by atoms with Crippen LogP contribution in [0.2, 0.25) is 0 Å². The van der Waals surface area contributed by atoms with E-state index in [2.05, 4.69) is 9.84 Å². The van der Waals surface area contributed by atoms with Crippen molar-refractivity contribution >= 4 is 13.7 Å². The maximum atomic E-state index is 12.0. The van der Waals surface area contributed by atoms with Gasteiger partial charge >= 0.3 is 51.4 Å². The minimum Gasteiger partial charge on any atom is -0.756 e. The van der Waals surface area contributed by atoms with Crippen LogP contribution in [-0.4, -0.2) is 140 Å². The molecule has 39 heavy (non-hydrogen) atoms. The zero-order valence-corrected chi connectivity index (χ0v) is 25.8. The van der Waals surface area contributed by atoms with E-state index in [1.807, 2.05) is 0 Å². The average molecular weight is 615 g/mol. The molecule has 1 amide bonds. The van der Waals surface area contributed by atoms with Gasteiger partial charge in [-0.1, -0.05) is 0 Å². The van der Waals surface area contributed by atoms with E-state index in [4.69, 9.17) is 38.7 Å². The summed E-state index contributed by atoms with van der Waals surface area (Å²) in [4.78, 5) is 23.5. The largest absolute Gasteiger partial charge is 1.00 e. The van der Waals surface area contributed by atoms with Crippen LogP contribution in [0, 0.1) is 0 Å². The van der Waals surface area contributed by atoms with Crippen LogP contribution in [0.3, 0.4) is 0 Å². The number of carbonyl (C=O) groups is 1. The molecule has 3 saturated heterocycles. The first-order chi connectivity index (χ1) is 18.1. The molecule has 1 unspecified atom stereocenters. The van der Waals surface area contributed by atoms with Gasteiger partial charge in [0.05, 0.1) is 46.2 Å². The molecule has 0 radical (unpaired) electrons. The Hall–Kier alpha value is 0.776. The molecule has 0 aromatic heterocycles. The van der Waals surface area contributed by atoms with Crippen LogP contribution in [0.1, 0.15) is 6.92 Å². The van der Waals surface area contributed by atoms with E-state index < -0.39 is 88.3 Å². The summed E-state index contributed by atoms with van der Waals surface area (Å²) in [5.74, 6) is -0.533. The third-order valence-corrected chi connectivity index (χ3v) is 6.91. The molecule has 0 aromatic rings. The van der Waals surface area contributed by atoms with Crippen LogP contribution in [-0.2, 0) is 46.8 Å². The second-order valence-corrected chi connectivity index (χ2v) is 10.1. The second-order valence-electron chi connectivity index (χ2n) is 8.76. The van der Waals surface area contributed by atoms with Crippen LogP contribution in [0.15, 0.2) is 0 Å². The number of hydrogen-bond donors (Lipinski definition) is 6. The number of rotatable bonds is 13. The predicted molar refractivity (Wildman–Crippen MR) is 120 cm³/mol. The van der Waals surface area contributed by atoms with Gasteiger partial charge in [0.1, 0.15) is 48.8 Å². The maximum absolute atomic E-state index is 12.0. The maximum Gasteiger partial charge on any atom is 1.00 e. The molecule has 19 heteroatoms. The van der Waals surface area contributed by atoms with Crippen LogP contribution in [0.25, 0.3) is 0 Å². The summed E-state index contributed by atoms with van der Waals surface area (Å²) < 4.78 is 54.2. The van der Waals surface area contributed by atoms with Crippen LogP contribution >= 0.6 is 7.82 Å².